The van der Waals surface area contributed by atoms with Crippen molar-refractivity contribution in [1.82, 2.24) is 15.3 Å². The Balaban J connectivity index is 2.21. The molecule has 110 valence electrons. The van der Waals surface area contributed by atoms with Crippen LogP contribution in [-0.2, 0) is 0 Å². The Kier molecular flexibility index (Phi) is 4.89. The lowest BCUT2D eigenvalue weighted by Gasteiger charge is -2.34. The first kappa shape index (κ1) is 14.7. The fourth-order valence-corrected chi connectivity index (χ4v) is 2.60. The van der Waals surface area contributed by atoms with Gasteiger partial charge in [0.05, 0.1) is 0 Å². The lowest BCUT2D eigenvalue weighted by Crippen LogP contribution is -2.41. The van der Waals surface area contributed by atoms with Crippen LogP contribution in [0.1, 0.15) is 37.2 Å². The molecule has 1 aliphatic rings. The molecule has 0 atom stereocenters. The van der Waals surface area contributed by atoms with Crippen LogP contribution in [0.25, 0.3) is 0 Å². The van der Waals surface area contributed by atoms with E-state index < -0.39 is 5.91 Å². The molecule has 3 N–H and O–H groups in total. The number of aromatic nitrogens is 2. The minimum Gasteiger partial charge on any atom is -0.364 e. The molecule has 0 unspecified atom stereocenters. The zero-order chi connectivity index (χ0) is 14.5. The molecule has 2 rings (SSSR count). The average molecular weight is 277 g/mol. The number of primary amides is 1. The first-order chi connectivity index (χ1) is 9.59. The van der Waals surface area contributed by atoms with Crippen LogP contribution in [0.4, 0.5) is 5.82 Å². The Morgan fingerprint density at radius 1 is 1.40 bits per heavy atom. The van der Waals surface area contributed by atoms with E-state index in [-0.39, 0.29) is 11.7 Å². The molecular weight excluding hydrogens is 254 g/mol. The number of nitrogens with two attached hydrogens (primary N) is 1. The predicted molar refractivity (Wildman–Crippen MR) is 78.6 cm³/mol. The van der Waals surface area contributed by atoms with Crippen molar-refractivity contribution >= 4 is 11.7 Å². The minimum atomic E-state index is -0.524. The molecule has 6 nitrogen and oxygen atoms in total. The zero-order valence-corrected chi connectivity index (χ0v) is 12.2. The van der Waals surface area contributed by atoms with E-state index in [1.54, 1.807) is 6.20 Å². The van der Waals surface area contributed by atoms with Crippen molar-refractivity contribution in [2.45, 2.75) is 32.7 Å². The highest BCUT2D eigenvalue weighted by Gasteiger charge is 2.24. The van der Waals surface area contributed by atoms with Crippen molar-refractivity contribution < 1.29 is 4.79 Å². The van der Waals surface area contributed by atoms with Crippen LogP contribution in [0.15, 0.2) is 12.4 Å². The predicted octanol–water partition coefficient (Wildman–Crippen LogP) is 0.790. The Morgan fingerprint density at radius 2 is 2.05 bits per heavy atom. The molecule has 1 fully saturated rings. The van der Waals surface area contributed by atoms with Crippen molar-refractivity contribution in [2.24, 2.45) is 11.7 Å². The second-order valence-electron chi connectivity index (χ2n) is 5.53. The van der Waals surface area contributed by atoms with Gasteiger partial charge in [-0.1, -0.05) is 0 Å². The standard InChI is InChI=1S/C14H23N5O/c1-10(2)19(9-11-3-5-16-6-4-11)14-12(13(15)20)17-7-8-18-14/h7-8,10-11,16H,3-6,9H2,1-2H3,(H2,15,20). The maximum Gasteiger partial charge on any atom is 0.271 e. The van der Waals surface area contributed by atoms with E-state index in [9.17, 15) is 4.79 Å². The van der Waals surface area contributed by atoms with E-state index in [1.807, 2.05) is 0 Å². The number of piperidine rings is 1. The molecule has 0 saturated carbocycles. The van der Waals surface area contributed by atoms with Gasteiger partial charge in [0, 0.05) is 25.0 Å². The second kappa shape index (κ2) is 6.65. The molecule has 0 aliphatic carbocycles. The smallest absolute Gasteiger partial charge is 0.271 e. The van der Waals surface area contributed by atoms with Crippen LogP contribution in [-0.4, -0.2) is 41.6 Å². The molecule has 1 aliphatic heterocycles. The minimum absolute atomic E-state index is 0.250. The zero-order valence-electron chi connectivity index (χ0n) is 12.2. The van der Waals surface area contributed by atoms with Crippen molar-refractivity contribution in [2.75, 3.05) is 24.5 Å². The van der Waals surface area contributed by atoms with Crippen LogP contribution in [0.5, 0.6) is 0 Å². The average Bonchev–Trinajstić information content (AvgIpc) is 2.45. The summed E-state index contributed by atoms with van der Waals surface area (Å²) in [6.07, 6.45) is 5.41. The third kappa shape index (κ3) is 3.45. The summed E-state index contributed by atoms with van der Waals surface area (Å²) in [7, 11) is 0. The third-order valence-electron chi connectivity index (χ3n) is 3.72. The Hall–Kier alpha value is -1.69. The maximum absolute atomic E-state index is 11.5. The summed E-state index contributed by atoms with van der Waals surface area (Å²) in [5.41, 5.74) is 5.67. The number of carbonyl (C=O) groups excluding carboxylic acids is 1. The summed E-state index contributed by atoms with van der Waals surface area (Å²) in [4.78, 5) is 22.1. The van der Waals surface area contributed by atoms with Crippen LogP contribution >= 0.6 is 0 Å². The van der Waals surface area contributed by atoms with Crippen molar-refractivity contribution in [3.05, 3.63) is 18.1 Å². The molecule has 0 bridgehead atoms. The van der Waals surface area contributed by atoms with Gasteiger partial charge in [-0.15, -0.1) is 0 Å². The molecule has 1 aromatic rings. The van der Waals surface area contributed by atoms with Gasteiger partial charge in [0.15, 0.2) is 11.5 Å². The van der Waals surface area contributed by atoms with Crippen LogP contribution in [0.2, 0.25) is 0 Å². The largest absolute Gasteiger partial charge is 0.364 e. The van der Waals surface area contributed by atoms with E-state index in [1.165, 1.54) is 6.20 Å². The van der Waals surface area contributed by atoms with E-state index in [2.05, 4.69) is 34.0 Å². The van der Waals surface area contributed by atoms with E-state index in [0.29, 0.717) is 11.7 Å². The summed E-state index contributed by atoms with van der Waals surface area (Å²) < 4.78 is 0. The molecule has 20 heavy (non-hydrogen) atoms. The number of hydrogen-bond donors (Lipinski definition) is 2. The van der Waals surface area contributed by atoms with Crippen LogP contribution < -0.4 is 16.0 Å². The SMILES string of the molecule is CC(C)N(CC1CCNCC1)c1nccnc1C(N)=O. The van der Waals surface area contributed by atoms with Gasteiger partial charge >= 0.3 is 0 Å². The number of carbonyl (C=O) groups is 1. The quantitative estimate of drug-likeness (QED) is 0.831. The topological polar surface area (TPSA) is 84.1 Å². The fraction of sp³-hybridized carbons (Fsp3) is 0.643. The number of rotatable bonds is 5. The second-order valence-corrected chi connectivity index (χ2v) is 5.53. The van der Waals surface area contributed by atoms with Gasteiger partial charge < -0.3 is 16.0 Å². The number of hydrogen-bond acceptors (Lipinski definition) is 5. The third-order valence-corrected chi connectivity index (χ3v) is 3.72. The number of nitrogens with zero attached hydrogens (tertiary/aromatic N) is 3. The lowest BCUT2D eigenvalue weighted by atomic mass is 9.97. The van der Waals surface area contributed by atoms with Crippen LogP contribution in [0, 0.1) is 5.92 Å². The molecule has 0 spiro atoms. The Bertz CT molecular complexity index is 457. The van der Waals surface area contributed by atoms with Gasteiger partial charge in [-0.05, 0) is 45.7 Å². The molecule has 6 heteroatoms. The molecule has 2 heterocycles. The van der Waals surface area contributed by atoms with Gasteiger partial charge in [0.25, 0.3) is 5.91 Å². The van der Waals surface area contributed by atoms with E-state index in [0.717, 1.165) is 32.5 Å². The fourth-order valence-electron chi connectivity index (χ4n) is 2.60. The molecule has 1 aromatic heterocycles. The monoisotopic (exact) mass is 277 g/mol. The van der Waals surface area contributed by atoms with E-state index >= 15 is 0 Å². The van der Waals surface area contributed by atoms with Gasteiger partial charge in [0.1, 0.15) is 0 Å². The van der Waals surface area contributed by atoms with Gasteiger partial charge in [-0.2, -0.15) is 0 Å². The Morgan fingerprint density at radius 3 is 2.65 bits per heavy atom. The van der Waals surface area contributed by atoms with E-state index in [4.69, 9.17) is 5.73 Å². The Labute approximate surface area is 119 Å². The molecule has 1 saturated heterocycles. The highest BCUT2D eigenvalue weighted by molar-refractivity contribution is 5.95. The van der Waals surface area contributed by atoms with Crippen LogP contribution in [0.3, 0.4) is 0 Å². The number of amides is 1. The highest BCUT2D eigenvalue weighted by Crippen LogP contribution is 2.22. The summed E-state index contributed by atoms with van der Waals surface area (Å²) in [6, 6.07) is 0.250. The first-order valence-corrected chi connectivity index (χ1v) is 7.17. The first-order valence-electron chi connectivity index (χ1n) is 7.17. The molecular formula is C14H23N5O. The van der Waals surface area contributed by atoms with Gasteiger partial charge in [-0.25, -0.2) is 9.97 Å². The number of nitrogens with one attached hydrogen (secondary N) is 1. The normalized spacial score (nSPS) is 16.4. The van der Waals surface area contributed by atoms with Crippen molar-refractivity contribution in [3.63, 3.8) is 0 Å². The summed E-state index contributed by atoms with van der Waals surface area (Å²) in [6.45, 7) is 7.19. The molecule has 0 radical (unpaired) electrons. The maximum atomic E-state index is 11.5. The summed E-state index contributed by atoms with van der Waals surface area (Å²) in [5.74, 6) is 0.693. The molecule has 0 aromatic carbocycles. The molecule has 1 amide bonds. The van der Waals surface area contributed by atoms with Crippen molar-refractivity contribution in [1.29, 1.82) is 0 Å². The van der Waals surface area contributed by atoms with Gasteiger partial charge in [-0.3, -0.25) is 4.79 Å². The highest BCUT2D eigenvalue weighted by atomic mass is 16.1. The lowest BCUT2D eigenvalue weighted by molar-refractivity contribution is 0.0995. The van der Waals surface area contributed by atoms with Gasteiger partial charge in [0.2, 0.25) is 0 Å². The summed E-state index contributed by atoms with van der Waals surface area (Å²) >= 11 is 0. The number of anilines is 1. The summed E-state index contributed by atoms with van der Waals surface area (Å²) in [5, 5.41) is 3.37. The van der Waals surface area contributed by atoms with Crippen molar-refractivity contribution in [3.8, 4) is 0 Å².